The van der Waals surface area contributed by atoms with Gasteiger partial charge in [-0.1, -0.05) is 0 Å². The number of nitrogens with zero attached hydrogens (tertiary/aromatic N) is 1. The van der Waals surface area contributed by atoms with Crippen LogP contribution < -0.4 is 0 Å². The molecule has 0 saturated heterocycles. The van der Waals surface area contributed by atoms with Crippen LogP contribution in [0.1, 0.15) is 17.7 Å². The maximum Gasteiger partial charge on any atom is 0.0505 e. The Morgan fingerprint density at radius 1 is 1.54 bits per heavy atom. The number of halogens is 1. The summed E-state index contributed by atoms with van der Waals surface area (Å²) in [7, 11) is 0. The van der Waals surface area contributed by atoms with Gasteiger partial charge in [0.1, 0.15) is 0 Å². The summed E-state index contributed by atoms with van der Waals surface area (Å²) in [6.07, 6.45) is 2.95. The summed E-state index contributed by atoms with van der Waals surface area (Å²) in [5.74, 6) is 2.88. The van der Waals surface area contributed by atoms with Crippen molar-refractivity contribution in [3.63, 3.8) is 0 Å². The van der Waals surface area contributed by atoms with Crippen LogP contribution in [0.15, 0.2) is 18.3 Å². The van der Waals surface area contributed by atoms with E-state index in [9.17, 15) is 0 Å². The summed E-state index contributed by atoms with van der Waals surface area (Å²) in [4.78, 5) is 4.28. The van der Waals surface area contributed by atoms with Crippen molar-refractivity contribution in [2.24, 2.45) is 0 Å². The maximum absolute atomic E-state index is 5.58. The molecular formula is C10H14ClNS. The number of aromatic nitrogens is 1. The number of pyridine rings is 1. The molecule has 1 aromatic heterocycles. The first kappa shape index (κ1) is 10.9. The van der Waals surface area contributed by atoms with Gasteiger partial charge in [0.2, 0.25) is 0 Å². The molecule has 1 rings (SSSR count). The highest BCUT2D eigenvalue weighted by molar-refractivity contribution is 7.98. The molecule has 0 atom stereocenters. The predicted molar refractivity (Wildman–Crippen MR) is 60.5 cm³/mol. The van der Waals surface area contributed by atoms with Crippen LogP contribution in [0.4, 0.5) is 0 Å². The zero-order valence-electron chi connectivity index (χ0n) is 7.79. The highest BCUT2D eigenvalue weighted by Gasteiger charge is 1.94. The van der Waals surface area contributed by atoms with Crippen LogP contribution in [0.25, 0.3) is 0 Å². The van der Waals surface area contributed by atoms with Crippen molar-refractivity contribution < 1.29 is 0 Å². The number of rotatable bonds is 5. The quantitative estimate of drug-likeness (QED) is 0.553. The summed E-state index contributed by atoms with van der Waals surface area (Å²) >= 11 is 7.47. The molecule has 0 saturated carbocycles. The third kappa shape index (κ3) is 4.53. The maximum atomic E-state index is 5.58. The Morgan fingerprint density at radius 2 is 2.38 bits per heavy atom. The van der Waals surface area contributed by atoms with Crippen molar-refractivity contribution in [1.82, 2.24) is 4.98 Å². The summed E-state index contributed by atoms with van der Waals surface area (Å²) in [5.41, 5.74) is 2.45. The molecular weight excluding hydrogens is 202 g/mol. The van der Waals surface area contributed by atoms with E-state index < -0.39 is 0 Å². The van der Waals surface area contributed by atoms with E-state index >= 15 is 0 Å². The fourth-order valence-electron chi connectivity index (χ4n) is 1.01. The smallest absolute Gasteiger partial charge is 0.0505 e. The minimum absolute atomic E-state index is 0.758. The van der Waals surface area contributed by atoms with Crippen molar-refractivity contribution in [2.45, 2.75) is 19.1 Å². The number of hydrogen-bond donors (Lipinski definition) is 0. The van der Waals surface area contributed by atoms with Gasteiger partial charge in [-0.15, -0.1) is 11.6 Å². The monoisotopic (exact) mass is 215 g/mol. The van der Waals surface area contributed by atoms with Crippen LogP contribution in [0.5, 0.6) is 0 Å². The molecule has 0 aliphatic heterocycles. The van der Waals surface area contributed by atoms with Crippen LogP contribution in [0, 0.1) is 6.92 Å². The Morgan fingerprint density at radius 3 is 3.08 bits per heavy atom. The van der Waals surface area contributed by atoms with E-state index in [1.165, 1.54) is 11.3 Å². The van der Waals surface area contributed by atoms with Crippen molar-refractivity contribution >= 4 is 23.4 Å². The Labute approximate surface area is 88.9 Å². The summed E-state index contributed by atoms with van der Waals surface area (Å²) in [6.45, 7) is 2.09. The molecule has 0 unspecified atom stereocenters. The normalized spacial score (nSPS) is 10.3. The summed E-state index contributed by atoms with van der Waals surface area (Å²) < 4.78 is 0. The molecule has 1 aromatic rings. The average Bonchev–Trinajstić information content (AvgIpc) is 2.13. The topological polar surface area (TPSA) is 12.9 Å². The molecule has 0 bridgehead atoms. The first-order chi connectivity index (χ1) is 6.33. The molecule has 0 spiro atoms. The van der Waals surface area contributed by atoms with E-state index in [0.717, 1.165) is 23.8 Å². The molecule has 13 heavy (non-hydrogen) atoms. The number of hydrogen-bond acceptors (Lipinski definition) is 2. The fraction of sp³-hybridized carbons (Fsp3) is 0.500. The highest BCUT2D eigenvalue weighted by Crippen LogP contribution is 2.12. The van der Waals surface area contributed by atoms with E-state index in [4.69, 9.17) is 11.6 Å². The van der Waals surface area contributed by atoms with Crippen LogP contribution in [-0.2, 0) is 5.75 Å². The van der Waals surface area contributed by atoms with Crippen molar-refractivity contribution in [2.75, 3.05) is 11.6 Å². The molecule has 3 heteroatoms. The van der Waals surface area contributed by atoms with Crippen molar-refractivity contribution in [3.8, 4) is 0 Å². The molecule has 0 aliphatic rings. The van der Waals surface area contributed by atoms with E-state index in [1.54, 1.807) is 0 Å². The Balaban J connectivity index is 2.28. The largest absolute Gasteiger partial charge is 0.260 e. The van der Waals surface area contributed by atoms with Crippen LogP contribution in [0.2, 0.25) is 0 Å². The number of aryl methyl sites for hydroxylation is 1. The van der Waals surface area contributed by atoms with Gasteiger partial charge in [0.15, 0.2) is 0 Å². The van der Waals surface area contributed by atoms with Gasteiger partial charge >= 0.3 is 0 Å². The lowest BCUT2D eigenvalue weighted by Gasteiger charge is -2.00. The Bertz CT molecular complexity index is 252. The van der Waals surface area contributed by atoms with Gasteiger partial charge in [0.25, 0.3) is 0 Å². The van der Waals surface area contributed by atoms with Gasteiger partial charge in [-0.05, 0) is 36.8 Å². The van der Waals surface area contributed by atoms with E-state index in [1.807, 2.05) is 24.0 Å². The predicted octanol–water partition coefficient (Wildman–Crippen LogP) is 3.25. The second kappa shape index (κ2) is 6.28. The van der Waals surface area contributed by atoms with Gasteiger partial charge < -0.3 is 0 Å². The molecule has 1 nitrogen and oxygen atoms in total. The Hall–Kier alpha value is -0.210. The average molecular weight is 216 g/mol. The first-order valence-electron chi connectivity index (χ1n) is 4.38. The van der Waals surface area contributed by atoms with E-state index in [2.05, 4.69) is 18.0 Å². The minimum atomic E-state index is 0.758. The van der Waals surface area contributed by atoms with Crippen LogP contribution in [-0.4, -0.2) is 16.6 Å². The lowest BCUT2D eigenvalue weighted by molar-refractivity contribution is 1.10. The highest BCUT2D eigenvalue weighted by atomic mass is 35.5. The number of alkyl halides is 1. The molecule has 1 heterocycles. The molecule has 0 aromatic carbocycles. The fourth-order valence-corrected chi connectivity index (χ4v) is 2.16. The van der Waals surface area contributed by atoms with Crippen molar-refractivity contribution in [3.05, 3.63) is 29.6 Å². The Kier molecular flexibility index (Phi) is 5.25. The van der Waals surface area contributed by atoms with Gasteiger partial charge in [-0.3, -0.25) is 4.98 Å². The zero-order valence-corrected chi connectivity index (χ0v) is 9.37. The molecule has 0 amide bonds. The third-order valence-electron chi connectivity index (χ3n) is 1.64. The molecule has 72 valence electrons. The van der Waals surface area contributed by atoms with Gasteiger partial charge in [0, 0.05) is 17.8 Å². The standard InChI is InChI=1S/C10H14ClNS/c1-9-3-5-12-10(7-9)8-13-6-2-4-11/h3,5,7H,2,4,6,8H2,1H3. The third-order valence-corrected chi connectivity index (χ3v) is 2.99. The van der Waals surface area contributed by atoms with Crippen LogP contribution >= 0.6 is 23.4 Å². The second-order valence-electron chi connectivity index (χ2n) is 2.92. The molecule has 0 fully saturated rings. The number of thioether (sulfide) groups is 1. The second-order valence-corrected chi connectivity index (χ2v) is 4.40. The van der Waals surface area contributed by atoms with Gasteiger partial charge in [-0.25, -0.2) is 0 Å². The lowest BCUT2D eigenvalue weighted by Crippen LogP contribution is -1.89. The van der Waals surface area contributed by atoms with Gasteiger partial charge in [-0.2, -0.15) is 11.8 Å². The molecule has 0 aliphatic carbocycles. The minimum Gasteiger partial charge on any atom is -0.260 e. The zero-order chi connectivity index (χ0) is 9.52. The summed E-state index contributed by atoms with van der Waals surface area (Å²) in [6, 6.07) is 4.15. The lowest BCUT2D eigenvalue weighted by atomic mass is 10.3. The SMILES string of the molecule is Cc1ccnc(CSCCCCl)c1. The van der Waals surface area contributed by atoms with Crippen molar-refractivity contribution in [1.29, 1.82) is 0 Å². The van der Waals surface area contributed by atoms with E-state index in [0.29, 0.717) is 0 Å². The van der Waals surface area contributed by atoms with E-state index in [-0.39, 0.29) is 0 Å². The molecule has 0 radical (unpaired) electrons. The summed E-state index contributed by atoms with van der Waals surface area (Å²) in [5, 5.41) is 0. The van der Waals surface area contributed by atoms with Crippen LogP contribution in [0.3, 0.4) is 0 Å². The first-order valence-corrected chi connectivity index (χ1v) is 6.07. The molecule has 0 N–H and O–H groups in total. The van der Waals surface area contributed by atoms with Gasteiger partial charge in [0.05, 0.1) is 5.69 Å².